The van der Waals surface area contributed by atoms with E-state index < -0.39 is 0 Å². The van der Waals surface area contributed by atoms with Gasteiger partial charge in [0.1, 0.15) is 31.7 Å². The second-order valence-corrected chi connectivity index (χ2v) is 13.2. The van der Waals surface area contributed by atoms with Gasteiger partial charge < -0.3 is 0 Å². The summed E-state index contributed by atoms with van der Waals surface area (Å²) in [6, 6.07) is 35.2. The lowest BCUT2D eigenvalue weighted by atomic mass is 10.0. The summed E-state index contributed by atoms with van der Waals surface area (Å²) in [5.74, 6) is 6.36. The molecule has 0 radical (unpaired) electrons. The predicted molar refractivity (Wildman–Crippen MR) is 176 cm³/mol. The second-order valence-electron chi connectivity index (χ2n) is 13.2. The number of benzene rings is 4. The van der Waals surface area contributed by atoms with Crippen molar-refractivity contribution in [1.82, 2.24) is 9.13 Å². The highest BCUT2D eigenvalue weighted by atomic mass is 15.3. The van der Waals surface area contributed by atoms with Gasteiger partial charge in [-0.3, -0.25) is 4.57 Å². The Balaban J connectivity index is 1.37. The predicted octanol–water partition coefficient (Wildman–Crippen LogP) is 4.23. The minimum Gasteiger partial charge on any atom is -0.288 e. The highest BCUT2D eigenvalue weighted by molar-refractivity contribution is 6.17. The van der Waals surface area contributed by atoms with E-state index in [2.05, 4.69) is 127 Å². The van der Waals surface area contributed by atoms with E-state index in [1.807, 2.05) is 0 Å². The standard InChI is InChI=1S/C38H27N8/c1-42-37-29-16-8-6-14-27(29)31-39-33-23-10-2-4-12-25(23)35-41-36-26-13-5-3-11-24(26)34-40-32-28-15-7-9-17-30(28)38(42)44(32)20-22(46(34)36)18-21(45(33)35)19-43(31)37/h2-17,21-22H,18-20H2,1H3/q+3. The zero-order valence-corrected chi connectivity index (χ0v) is 25.1. The van der Waals surface area contributed by atoms with Gasteiger partial charge in [-0.2, -0.15) is 18.7 Å². The molecule has 8 nitrogen and oxygen atoms in total. The first-order chi connectivity index (χ1) is 22.7. The van der Waals surface area contributed by atoms with E-state index in [0.717, 1.165) is 75.7 Å². The fourth-order valence-corrected chi connectivity index (χ4v) is 9.11. The Morgan fingerprint density at radius 2 is 1.26 bits per heavy atom. The largest absolute Gasteiger partial charge is 0.351 e. The lowest BCUT2D eigenvalue weighted by Crippen LogP contribution is -2.45. The Morgan fingerprint density at radius 1 is 0.652 bits per heavy atom. The van der Waals surface area contributed by atoms with Crippen LogP contribution in [0.3, 0.4) is 0 Å². The fourth-order valence-electron chi connectivity index (χ4n) is 9.11. The maximum absolute atomic E-state index is 5.66. The molecule has 0 amide bonds. The maximum Gasteiger partial charge on any atom is 0.351 e. The molecule has 2 unspecified atom stereocenters. The van der Waals surface area contributed by atoms with Gasteiger partial charge in [0, 0.05) is 17.2 Å². The normalized spacial score (nSPS) is 21.1. The van der Waals surface area contributed by atoms with Crippen LogP contribution in [0, 0.1) is 0 Å². The molecule has 4 aromatic carbocycles. The summed E-state index contributed by atoms with van der Waals surface area (Å²) in [5, 5.41) is 4.67. The number of hydrogen-bond acceptors (Lipinski definition) is 3. The van der Waals surface area contributed by atoms with Crippen LogP contribution < -0.4 is 11.0 Å². The molecule has 2 aromatic heterocycles. The van der Waals surface area contributed by atoms with Gasteiger partial charge >= 0.3 is 17.5 Å². The first-order valence-corrected chi connectivity index (χ1v) is 16.1. The number of aliphatic imine (C=N–C) groups is 1. The molecule has 8 heteroatoms. The van der Waals surface area contributed by atoms with Crippen molar-refractivity contribution in [2.24, 2.45) is 15.0 Å². The van der Waals surface area contributed by atoms with E-state index in [0.29, 0.717) is 0 Å². The molecule has 0 N–H and O–H groups in total. The summed E-state index contributed by atoms with van der Waals surface area (Å²) in [6.45, 7) is 1.60. The third-order valence-corrected chi connectivity index (χ3v) is 10.9. The number of amidine groups is 4. The minimum atomic E-state index is 0.129. The highest BCUT2D eigenvalue weighted by Gasteiger charge is 2.51. The van der Waals surface area contributed by atoms with Crippen molar-refractivity contribution in [3.05, 3.63) is 130 Å². The van der Waals surface area contributed by atoms with Crippen LogP contribution in [0.15, 0.2) is 112 Å². The van der Waals surface area contributed by atoms with E-state index in [1.54, 1.807) is 0 Å². The number of rotatable bonds is 0. The molecule has 0 spiro atoms. The van der Waals surface area contributed by atoms with E-state index in [-0.39, 0.29) is 12.1 Å². The Kier molecular flexibility index (Phi) is 4.05. The van der Waals surface area contributed by atoms with Crippen LogP contribution in [-0.2, 0) is 6.54 Å². The van der Waals surface area contributed by atoms with Crippen molar-refractivity contribution in [1.29, 1.82) is 0 Å². The molecule has 0 saturated heterocycles. The average Bonchev–Trinajstić information content (AvgIpc) is 3.69. The Hall–Kier alpha value is -5.76. The molecule has 6 aliphatic heterocycles. The Morgan fingerprint density at radius 3 is 2.02 bits per heavy atom. The molecule has 2 atom stereocenters. The van der Waals surface area contributed by atoms with Gasteiger partial charge in [-0.15, -0.1) is 0 Å². The zero-order valence-electron chi connectivity index (χ0n) is 25.1. The lowest BCUT2D eigenvalue weighted by molar-refractivity contribution is -0.520. The van der Waals surface area contributed by atoms with Gasteiger partial charge in [-0.1, -0.05) is 64.6 Å². The molecule has 4 bridgehead atoms. The topological polar surface area (TPSA) is 56.0 Å². The van der Waals surface area contributed by atoms with Crippen LogP contribution in [-0.4, -0.2) is 65.8 Å². The van der Waals surface area contributed by atoms with Crippen LogP contribution in [0.4, 0.5) is 11.6 Å². The molecule has 46 heavy (non-hydrogen) atoms. The van der Waals surface area contributed by atoms with Crippen molar-refractivity contribution in [2.75, 3.05) is 13.6 Å². The first-order valence-electron chi connectivity index (χ1n) is 16.1. The van der Waals surface area contributed by atoms with E-state index >= 15 is 0 Å². The molecule has 0 fully saturated rings. The summed E-state index contributed by atoms with van der Waals surface area (Å²) in [7, 11) is 2.23. The molecule has 12 rings (SSSR count). The molecular formula is C38H27N8+3. The number of aromatic nitrogens is 2. The number of hydrogen-bond donors (Lipinski definition) is 0. The molecular weight excluding hydrogens is 568 g/mol. The van der Waals surface area contributed by atoms with Gasteiger partial charge in [0.25, 0.3) is 17.5 Å². The monoisotopic (exact) mass is 595 g/mol. The van der Waals surface area contributed by atoms with E-state index in [1.165, 1.54) is 33.6 Å². The van der Waals surface area contributed by atoms with E-state index in [9.17, 15) is 0 Å². The van der Waals surface area contributed by atoms with Crippen molar-refractivity contribution < 1.29 is 13.7 Å². The molecule has 0 saturated carbocycles. The maximum atomic E-state index is 5.66. The van der Waals surface area contributed by atoms with Crippen LogP contribution >= 0.6 is 0 Å². The van der Waals surface area contributed by atoms with Crippen molar-refractivity contribution in [3.63, 3.8) is 0 Å². The van der Waals surface area contributed by atoms with Crippen molar-refractivity contribution >= 4 is 56.5 Å². The molecule has 6 aliphatic rings. The van der Waals surface area contributed by atoms with Crippen LogP contribution in [0.5, 0.6) is 0 Å². The summed E-state index contributed by atoms with van der Waals surface area (Å²) in [4.78, 5) is 16.9. The third kappa shape index (κ3) is 2.62. The van der Waals surface area contributed by atoms with Crippen molar-refractivity contribution in [2.45, 2.75) is 25.0 Å². The van der Waals surface area contributed by atoms with Gasteiger partial charge in [-0.05, 0) is 42.5 Å². The first kappa shape index (κ1) is 23.6. The summed E-state index contributed by atoms with van der Waals surface area (Å²) < 4.78 is 12.3. The summed E-state index contributed by atoms with van der Waals surface area (Å²) >= 11 is 0. The van der Waals surface area contributed by atoms with Crippen LogP contribution in [0.25, 0.3) is 21.5 Å². The molecule has 8 heterocycles. The van der Waals surface area contributed by atoms with Gasteiger partial charge in [-0.25, -0.2) is 4.58 Å². The number of nitrogens with zero attached hydrogens (tertiary/aromatic N) is 8. The number of fused-ring (bicyclic) bond motifs is 12. The van der Waals surface area contributed by atoms with Gasteiger partial charge in [0.05, 0.1) is 39.1 Å². The van der Waals surface area contributed by atoms with Gasteiger partial charge in [0.15, 0.2) is 0 Å². The van der Waals surface area contributed by atoms with E-state index in [4.69, 9.17) is 15.0 Å². The Bertz CT molecular complexity index is 2750. The molecule has 6 aromatic rings. The van der Waals surface area contributed by atoms with Crippen molar-refractivity contribution in [3.8, 4) is 0 Å². The molecule has 216 valence electrons. The van der Waals surface area contributed by atoms with Crippen LogP contribution in [0.1, 0.15) is 34.7 Å². The summed E-state index contributed by atoms with van der Waals surface area (Å²) in [6.07, 6.45) is 0.924. The second kappa shape index (κ2) is 7.90. The average molecular weight is 596 g/mol. The zero-order chi connectivity index (χ0) is 29.8. The smallest absolute Gasteiger partial charge is 0.288 e. The summed E-state index contributed by atoms with van der Waals surface area (Å²) in [5.41, 5.74) is 6.66. The minimum absolute atomic E-state index is 0.129. The van der Waals surface area contributed by atoms with Crippen LogP contribution in [0.2, 0.25) is 0 Å². The molecule has 0 aliphatic carbocycles. The lowest BCUT2D eigenvalue weighted by Gasteiger charge is -2.24. The quantitative estimate of drug-likeness (QED) is 0.236. The Labute approximate surface area is 262 Å². The fraction of sp³-hybridized carbons (Fsp3) is 0.158. The third-order valence-electron chi connectivity index (χ3n) is 10.9. The SMILES string of the molecule is C[N+]1=C2c3ccccc3C3=[N+]2CC2CC4Cn5c(c6ccccc6c51)N=C1c5ccccc5C(=[N+]14)N=c1c4ccccc4c(n12)=N3. The highest BCUT2D eigenvalue weighted by Crippen LogP contribution is 2.43. The van der Waals surface area contributed by atoms with Gasteiger partial charge in [0.2, 0.25) is 5.49 Å².